The minimum atomic E-state index is -0.481. The van der Waals surface area contributed by atoms with E-state index in [1.807, 2.05) is 13.8 Å². The first-order valence-corrected chi connectivity index (χ1v) is 5.93. The summed E-state index contributed by atoms with van der Waals surface area (Å²) in [4.78, 5) is 25.3. The van der Waals surface area contributed by atoms with Gasteiger partial charge in [0.15, 0.2) is 0 Å². The van der Waals surface area contributed by atoms with Gasteiger partial charge < -0.3 is 5.32 Å². The molecule has 2 rings (SSSR count). The fourth-order valence-electron chi connectivity index (χ4n) is 1.60. The molecule has 0 saturated heterocycles. The standard InChI is InChI=1S/C11H16N6O2/c1-7(2)8-5-17(15-14-8)6-16-4-9(12-3)10(18)13-11(16)19/h4-5,7,12H,6H2,1-3H3,(H,13,18,19). The number of nitrogens with one attached hydrogen (secondary N) is 2. The molecule has 0 spiro atoms. The Bertz CT molecular complexity index is 681. The van der Waals surface area contributed by atoms with E-state index in [-0.39, 0.29) is 12.6 Å². The predicted molar refractivity (Wildman–Crippen MR) is 70.4 cm³/mol. The van der Waals surface area contributed by atoms with Crippen molar-refractivity contribution in [3.05, 3.63) is 38.9 Å². The van der Waals surface area contributed by atoms with Gasteiger partial charge in [0.2, 0.25) is 0 Å². The second-order valence-electron chi connectivity index (χ2n) is 4.50. The second-order valence-corrected chi connectivity index (χ2v) is 4.50. The molecule has 0 saturated carbocycles. The zero-order valence-corrected chi connectivity index (χ0v) is 11.0. The molecule has 19 heavy (non-hydrogen) atoms. The van der Waals surface area contributed by atoms with Crippen LogP contribution in [0.1, 0.15) is 25.5 Å². The van der Waals surface area contributed by atoms with Crippen molar-refractivity contribution >= 4 is 5.69 Å². The van der Waals surface area contributed by atoms with Crippen LogP contribution >= 0.6 is 0 Å². The molecule has 102 valence electrons. The van der Waals surface area contributed by atoms with Gasteiger partial charge in [-0.2, -0.15) is 0 Å². The molecular formula is C11H16N6O2. The zero-order valence-electron chi connectivity index (χ0n) is 11.0. The third kappa shape index (κ3) is 2.72. The summed E-state index contributed by atoms with van der Waals surface area (Å²) in [5.74, 6) is 0.272. The summed E-state index contributed by atoms with van der Waals surface area (Å²) >= 11 is 0. The normalized spacial score (nSPS) is 10.9. The largest absolute Gasteiger partial charge is 0.382 e. The first kappa shape index (κ1) is 13.1. The van der Waals surface area contributed by atoms with Gasteiger partial charge in [0.25, 0.3) is 5.56 Å². The van der Waals surface area contributed by atoms with Crippen LogP contribution < -0.4 is 16.6 Å². The maximum absolute atomic E-state index is 11.7. The van der Waals surface area contributed by atoms with Crippen molar-refractivity contribution in [3.63, 3.8) is 0 Å². The first-order valence-electron chi connectivity index (χ1n) is 5.93. The van der Waals surface area contributed by atoms with Crippen molar-refractivity contribution in [1.29, 1.82) is 0 Å². The fraction of sp³-hybridized carbons (Fsp3) is 0.455. The van der Waals surface area contributed by atoms with E-state index < -0.39 is 11.2 Å². The molecule has 0 radical (unpaired) electrons. The summed E-state index contributed by atoms with van der Waals surface area (Å²) in [5, 5.41) is 10.7. The lowest BCUT2D eigenvalue weighted by Gasteiger charge is -2.06. The van der Waals surface area contributed by atoms with Crippen LogP contribution in [0.15, 0.2) is 22.0 Å². The molecule has 0 aliphatic rings. The topological polar surface area (TPSA) is 97.6 Å². The molecule has 2 heterocycles. The summed E-state index contributed by atoms with van der Waals surface area (Å²) in [6.45, 7) is 4.23. The number of hydrogen-bond donors (Lipinski definition) is 2. The fourth-order valence-corrected chi connectivity index (χ4v) is 1.60. The van der Waals surface area contributed by atoms with Gasteiger partial charge in [0.1, 0.15) is 12.4 Å². The number of anilines is 1. The molecule has 0 aliphatic carbocycles. The van der Waals surface area contributed by atoms with Crippen molar-refractivity contribution < 1.29 is 0 Å². The van der Waals surface area contributed by atoms with Gasteiger partial charge in [-0.15, -0.1) is 5.10 Å². The number of rotatable bonds is 4. The van der Waals surface area contributed by atoms with E-state index >= 15 is 0 Å². The van der Waals surface area contributed by atoms with Gasteiger partial charge in [-0.1, -0.05) is 19.1 Å². The Hall–Kier alpha value is -2.38. The zero-order chi connectivity index (χ0) is 14.0. The third-order valence-electron chi connectivity index (χ3n) is 2.73. The average Bonchev–Trinajstić information content (AvgIpc) is 2.81. The molecule has 0 fully saturated rings. The van der Waals surface area contributed by atoms with Crippen LogP contribution in [0.25, 0.3) is 0 Å². The van der Waals surface area contributed by atoms with Crippen LogP contribution in [0.4, 0.5) is 5.69 Å². The van der Waals surface area contributed by atoms with Crippen molar-refractivity contribution in [2.45, 2.75) is 26.4 Å². The van der Waals surface area contributed by atoms with Crippen LogP contribution in [0.5, 0.6) is 0 Å². The van der Waals surface area contributed by atoms with E-state index in [0.717, 1.165) is 5.69 Å². The number of hydrogen-bond acceptors (Lipinski definition) is 5. The highest BCUT2D eigenvalue weighted by atomic mass is 16.2. The van der Waals surface area contributed by atoms with Crippen molar-refractivity contribution in [1.82, 2.24) is 24.5 Å². The van der Waals surface area contributed by atoms with E-state index in [0.29, 0.717) is 5.69 Å². The number of aromatic amines is 1. The number of H-pyrrole nitrogens is 1. The van der Waals surface area contributed by atoms with Crippen molar-refractivity contribution in [2.24, 2.45) is 0 Å². The maximum Gasteiger partial charge on any atom is 0.329 e. The molecular weight excluding hydrogens is 248 g/mol. The Morgan fingerprint density at radius 3 is 2.68 bits per heavy atom. The predicted octanol–water partition coefficient (Wildman–Crippen LogP) is -0.201. The van der Waals surface area contributed by atoms with Gasteiger partial charge >= 0.3 is 5.69 Å². The second kappa shape index (κ2) is 5.09. The van der Waals surface area contributed by atoms with Crippen LogP contribution in [0.2, 0.25) is 0 Å². The third-order valence-corrected chi connectivity index (χ3v) is 2.73. The van der Waals surface area contributed by atoms with Crippen LogP contribution in [-0.2, 0) is 6.67 Å². The Labute approximate surface area is 109 Å². The molecule has 0 aliphatic heterocycles. The van der Waals surface area contributed by atoms with Gasteiger partial charge in [-0.25, -0.2) is 9.48 Å². The lowest BCUT2D eigenvalue weighted by Crippen LogP contribution is -2.32. The maximum atomic E-state index is 11.7. The molecule has 0 amide bonds. The molecule has 2 aromatic heterocycles. The molecule has 0 aromatic carbocycles. The van der Waals surface area contributed by atoms with Gasteiger partial charge in [-0.3, -0.25) is 14.3 Å². The Morgan fingerprint density at radius 2 is 2.11 bits per heavy atom. The molecule has 0 atom stereocenters. The smallest absolute Gasteiger partial charge is 0.329 e. The Balaban J connectivity index is 2.32. The van der Waals surface area contributed by atoms with E-state index in [4.69, 9.17) is 0 Å². The van der Waals surface area contributed by atoms with Crippen molar-refractivity contribution in [2.75, 3.05) is 12.4 Å². The molecule has 2 aromatic rings. The highest BCUT2D eigenvalue weighted by Crippen LogP contribution is 2.08. The average molecular weight is 264 g/mol. The summed E-state index contributed by atoms with van der Waals surface area (Å²) < 4.78 is 2.90. The number of aromatic nitrogens is 5. The van der Waals surface area contributed by atoms with E-state index in [1.165, 1.54) is 10.8 Å². The first-order chi connectivity index (χ1) is 9.01. The molecule has 0 unspecified atom stereocenters. The highest BCUT2D eigenvalue weighted by molar-refractivity contribution is 5.36. The Morgan fingerprint density at radius 1 is 1.37 bits per heavy atom. The monoisotopic (exact) mass is 264 g/mol. The summed E-state index contributed by atoms with van der Waals surface area (Å²) in [7, 11) is 1.62. The molecule has 8 heteroatoms. The van der Waals surface area contributed by atoms with Gasteiger partial charge in [0.05, 0.1) is 11.9 Å². The van der Waals surface area contributed by atoms with E-state index in [2.05, 4.69) is 20.6 Å². The Kier molecular flexibility index (Phi) is 3.50. The lowest BCUT2D eigenvalue weighted by atomic mass is 10.2. The molecule has 0 bridgehead atoms. The van der Waals surface area contributed by atoms with Crippen LogP contribution in [0, 0.1) is 0 Å². The summed E-state index contributed by atoms with van der Waals surface area (Å²) in [5.41, 5.74) is 0.255. The summed E-state index contributed by atoms with van der Waals surface area (Å²) in [6, 6.07) is 0. The summed E-state index contributed by atoms with van der Waals surface area (Å²) in [6.07, 6.45) is 3.24. The van der Waals surface area contributed by atoms with Gasteiger partial charge in [0, 0.05) is 13.2 Å². The van der Waals surface area contributed by atoms with Crippen LogP contribution in [0.3, 0.4) is 0 Å². The SMILES string of the molecule is CNc1cn(Cn2cc(C(C)C)nn2)c(=O)[nH]c1=O. The minimum absolute atomic E-state index is 0.198. The highest BCUT2D eigenvalue weighted by Gasteiger charge is 2.07. The molecule has 2 N–H and O–H groups in total. The number of nitrogens with zero attached hydrogens (tertiary/aromatic N) is 4. The lowest BCUT2D eigenvalue weighted by molar-refractivity contribution is 0.509. The quantitative estimate of drug-likeness (QED) is 0.797. The van der Waals surface area contributed by atoms with E-state index in [9.17, 15) is 9.59 Å². The minimum Gasteiger partial charge on any atom is -0.382 e. The van der Waals surface area contributed by atoms with Crippen molar-refractivity contribution in [3.8, 4) is 0 Å². The van der Waals surface area contributed by atoms with Crippen LogP contribution in [-0.4, -0.2) is 31.6 Å². The van der Waals surface area contributed by atoms with E-state index in [1.54, 1.807) is 17.9 Å². The molecule has 8 nitrogen and oxygen atoms in total. The van der Waals surface area contributed by atoms with Gasteiger partial charge in [-0.05, 0) is 5.92 Å².